The summed E-state index contributed by atoms with van der Waals surface area (Å²) in [6.45, 7) is 6.22. The molecule has 3 rings (SSSR count). The molecule has 1 amide bonds. The minimum atomic E-state index is -0.382. The topological polar surface area (TPSA) is 53.9 Å². The number of anilines is 1. The van der Waals surface area contributed by atoms with Crippen molar-refractivity contribution in [2.75, 3.05) is 18.6 Å². The third-order valence-electron chi connectivity index (χ3n) is 4.89. The van der Waals surface area contributed by atoms with Crippen LogP contribution < -0.4 is 15.1 Å². The second-order valence-corrected chi connectivity index (χ2v) is 8.31. The van der Waals surface area contributed by atoms with Gasteiger partial charge in [-0.25, -0.2) is 5.43 Å². The van der Waals surface area contributed by atoms with Crippen LogP contribution in [-0.2, 0) is 4.79 Å². The molecule has 0 saturated carbocycles. The number of carbonyl (C=O) groups excluding carboxylic acids is 1. The van der Waals surface area contributed by atoms with E-state index in [0.717, 1.165) is 16.8 Å². The Labute approximate surface area is 180 Å². The first-order valence-electron chi connectivity index (χ1n) is 9.15. The number of carbonyl (C=O) groups is 1. The van der Waals surface area contributed by atoms with Gasteiger partial charge in [0.15, 0.2) is 6.61 Å². The largest absolute Gasteiger partial charge is 0.484 e. The lowest BCUT2D eigenvalue weighted by atomic mass is 9.88. The van der Waals surface area contributed by atoms with Gasteiger partial charge in [0.05, 0.1) is 16.8 Å². The van der Waals surface area contributed by atoms with E-state index in [4.69, 9.17) is 27.9 Å². The minimum Gasteiger partial charge on any atom is -0.484 e. The van der Waals surface area contributed by atoms with Crippen LogP contribution in [0.3, 0.4) is 0 Å². The van der Waals surface area contributed by atoms with Crippen LogP contribution in [0.5, 0.6) is 5.75 Å². The molecule has 2 aromatic rings. The van der Waals surface area contributed by atoms with Gasteiger partial charge in [0.1, 0.15) is 5.75 Å². The van der Waals surface area contributed by atoms with Gasteiger partial charge in [-0.3, -0.25) is 4.79 Å². The van der Waals surface area contributed by atoms with Crippen molar-refractivity contribution in [2.45, 2.75) is 26.3 Å². The van der Waals surface area contributed by atoms with Crippen LogP contribution >= 0.6 is 23.2 Å². The maximum Gasteiger partial charge on any atom is 0.277 e. The zero-order valence-corrected chi connectivity index (χ0v) is 18.3. The van der Waals surface area contributed by atoms with E-state index in [1.165, 1.54) is 11.8 Å². The van der Waals surface area contributed by atoms with Gasteiger partial charge in [-0.2, -0.15) is 5.10 Å². The summed E-state index contributed by atoms with van der Waals surface area (Å²) in [5.74, 6) is 0.136. The molecule has 1 aliphatic heterocycles. The summed E-state index contributed by atoms with van der Waals surface area (Å²) in [5, 5.41) is 5.11. The molecule has 0 unspecified atom stereocenters. The van der Waals surface area contributed by atoms with Crippen LogP contribution in [0.25, 0.3) is 5.57 Å². The molecule has 1 aliphatic rings. The first-order chi connectivity index (χ1) is 13.7. The monoisotopic (exact) mass is 431 g/mol. The number of hydrazone groups is 1. The van der Waals surface area contributed by atoms with Crippen molar-refractivity contribution < 1.29 is 9.53 Å². The fourth-order valence-corrected chi connectivity index (χ4v) is 3.59. The lowest BCUT2D eigenvalue weighted by Gasteiger charge is -2.40. The summed E-state index contributed by atoms with van der Waals surface area (Å²) in [6, 6.07) is 10.8. The van der Waals surface area contributed by atoms with E-state index < -0.39 is 0 Å². The second kappa shape index (κ2) is 8.47. The zero-order valence-electron chi connectivity index (χ0n) is 16.8. The quantitative estimate of drug-likeness (QED) is 0.525. The van der Waals surface area contributed by atoms with Gasteiger partial charge in [-0.05, 0) is 56.7 Å². The van der Waals surface area contributed by atoms with Crippen LogP contribution in [-0.4, -0.2) is 31.3 Å². The second-order valence-electron chi connectivity index (χ2n) is 7.47. The van der Waals surface area contributed by atoms with Crippen LogP contribution in [0.1, 0.15) is 31.9 Å². The van der Waals surface area contributed by atoms with Crippen molar-refractivity contribution in [1.82, 2.24) is 5.43 Å². The van der Waals surface area contributed by atoms with Crippen LogP contribution in [0.2, 0.25) is 10.0 Å². The Bertz CT molecular complexity index is 1000. The molecule has 29 heavy (non-hydrogen) atoms. The number of halogens is 2. The highest BCUT2D eigenvalue weighted by atomic mass is 35.5. The Hall–Kier alpha value is -2.50. The predicted octanol–water partition coefficient (Wildman–Crippen LogP) is 5.15. The van der Waals surface area contributed by atoms with Crippen molar-refractivity contribution in [2.24, 2.45) is 5.10 Å². The Morgan fingerprint density at radius 2 is 2.03 bits per heavy atom. The van der Waals surface area contributed by atoms with Crippen molar-refractivity contribution in [3.05, 3.63) is 63.6 Å². The predicted molar refractivity (Wildman–Crippen MR) is 120 cm³/mol. The number of amides is 1. The van der Waals surface area contributed by atoms with Gasteiger partial charge in [0.25, 0.3) is 5.91 Å². The summed E-state index contributed by atoms with van der Waals surface area (Å²) in [4.78, 5) is 14.1. The number of hydrogen-bond donors (Lipinski definition) is 1. The Morgan fingerprint density at radius 3 is 2.76 bits per heavy atom. The molecule has 5 nitrogen and oxygen atoms in total. The molecule has 0 spiro atoms. The highest BCUT2D eigenvalue weighted by Gasteiger charge is 2.29. The van der Waals surface area contributed by atoms with Gasteiger partial charge in [-0.1, -0.05) is 35.3 Å². The molecule has 2 aromatic carbocycles. The summed E-state index contributed by atoms with van der Waals surface area (Å²) < 4.78 is 5.39. The smallest absolute Gasteiger partial charge is 0.277 e. The zero-order chi connectivity index (χ0) is 21.2. The lowest BCUT2D eigenvalue weighted by molar-refractivity contribution is -0.123. The molecule has 1 heterocycles. The first kappa shape index (κ1) is 21.2. The van der Waals surface area contributed by atoms with Crippen molar-refractivity contribution >= 4 is 46.6 Å². The number of nitrogens with zero attached hydrogens (tertiary/aromatic N) is 2. The van der Waals surface area contributed by atoms with Gasteiger partial charge in [-0.15, -0.1) is 0 Å². The molecule has 152 valence electrons. The highest BCUT2D eigenvalue weighted by molar-refractivity contribution is 6.33. The van der Waals surface area contributed by atoms with E-state index in [1.807, 2.05) is 19.2 Å². The number of hydrogen-bond acceptors (Lipinski definition) is 4. The van der Waals surface area contributed by atoms with Crippen molar-refractivity contribution in [3.8, 4) is 5.75 Å². The van der Waals surface area contributed by atoms with Crippen molar-refractivity contribution in [3.63, 3.8) is 0 Å². The Balaban J connectivity index is 1.67. The highest BCUT2D eigenvalue weighted by Crippen LogP contribution is 2.40. The summed E-state index contributed by atoms with van der Waals surface area (Å²) in [7, 11) is 2.05. The van der Waals surface area contributed by atoms with Crippen LogP contribution in [0.15, 0.2) is 47.6 Å². The van der Waals surface area contributed by atoms with Crippen LogP contribution in [0, 0.1) is 0 Å². The molecule has 7 heteroatoms. The number of benzene rings is 2. The van der Waals surface area contributed by atoms with E-state index >= 15 is 0 Å². The normalized spacial score (nSPS) is 15.1. The fourth-order valence-electron chi connectivity index (χ4n) is 3.20. The van der Waals surface area contributed by atoms with Gasteiger partial charge >= 0.3 is 0 Å². The number of fused-ring (bicyclic) bond motifs is 1. The number of nitrogens with one attached hydrogen (secondary N) is 1. The van der Waals surface area contributed by atoms with E-state index in [0.29, 0.717) is 15.8 Å². The summed E-state index contributed by atoms with van der Waals surface area (Å²) in [6.07, 6.45) is 3.76. The molecule has 0 atom stereocenters. The molecule has 0 fully saturated rings. The molecule has 0 radical (unpaired) electrons. The van der Waals surface area contributed by atoms with Gasteiger partial charge in [0, 0.05) is 28.9 Å². The number of ether oxygens (including phenoxy) is 1. The molecule has 0 saturated heterocycles. The van der Waals surface area contributed by atoms with E-state index in [2.05, 4.69) is 42.3 Å². The van der Waals surface area contributed by atoms with E-state index in [-0.39, 0.29) is 18.1 Å². The minimum absolute atomic E-state index is 0.0903. The fraction of sp³-hybridized carbons (Fsp3) is 0.273. The maximum atomic E-state index is 11.9. The SMILES string of the molecule is CC1=CC(C)(C)N(C)c2cc(Cl)c(/C=N\NC(=O)COc3cccc(Cl)c3)cc21. The number of likely N-dealkylation sites (N-methyl/N-ethyl adjacent to an activating group) is 1. The van der Waals surface area contributed by atoms with Crippen LogP contribution in [0.4, 0.5) is 5.69 Å². The molecule has 0 aromatic heterocycles. The van der Waals surface area contributed by atoms with E-state index in [9.17, 15) is 4.79 Å². The molecular weight excluding hydrogens is 409 g/mol. The third kappa shape index (κ3) is 4.92. The molecule has 1 N–H and O–H groups in total. The third-order valence-corrected chi connectivity index (χ3v) is 5.46. The maximum absolute atomic E-state index is 11.9. The first-order valence-corrected chi connectivity index (χ1v) is 9.90. The number of allylic oxidation sites excluding steroid dienone is 1. The van der Waals surface area contributed by atoms with Gasteiger partial charge < -0.3 is 9.64 Å². The molecule has 0 bridgehead atoms. The molecular formula is C22H23Cl2N3O2. The average molecular weight is 432 g/mol. The van der Waals surface area contributed by atoms with Gasteiger partial charge in [0.2, 0.25) is 0 Å². The summed E-state index contributed by atoms with van der Waals surface area (Å²) >= 11 is 12.3. The van der Waals surface area contributed by atoms with E-state index in [1.54, 1.807) is 24.3 Å². The lowest BCUT2D eigenvalue weighted by Crippen LogP contribution is -2.42. The standard InChI is InChI=1S/C22H23Cl2N3O2/c1-14-11-22(2,3)27(4)20-10-19(24)15(8-18(14)20)12-25-26-21(28)13-29-17-7-5-6-16(23)9-17/h5-12H,13H2,1-4H3,(H,26,28)/b25-12-. The number of rotatable bonds is 5. The Kier molecular flexibility index (Phi) is 6.20. The van der Waals surface area contributed by atoms with Crippen molar-refractivity contribution in [1.29, 1.82) is 0 Å². The molecule has 0 aliphatic carbocycles. The Morgan fingerprint density at radius 1 is 1.28 bits per heavy atom. The summed E-state index contributed by atoms with van der Waals surface area (Å²) in [5.41, 5.74) is 6.41. The average Bonchev–Trinajstić information content (AvgIpc) is 2.65.